The molecule has 0 aliphatic carbocycles. The lowest BCUT2D eigenvalue weighted by Gasteiger charge is -2.12. The monoisotopic (exact) mass is 260 g/mol. The fourth-order valence-electron chi connectivity index (χ4n) is 2.91. The van der Waals surface area contributed by atoms with Gasteiger partial charge in [0.15, 0.2) is 0 Å². The van der Waals surface area contributed by atoms with Gasteiger partial charge in [-0.1, -0.05) is 12.1 Å². The van der Waals surface area contributed by atoms with Gasteiger partial charge in [0.25, 0.3) is 5.56 Å². The molecule has 0 saturated carbocycles. The first kappa shape index (κ1) is 12.4. The summed E-state index contributed by atoms with van der Waals surface area (Å²) in [4.78, 5) is 12.3. The summed E-state index contributed by atoms with van der Waals surface area (Å²) in [5.41, 5.74) is 1.10. The van der Waals surface area contributed by atoms with Crippen LogP contribution in [0, 0.1) is 11.7 Å². The van der Waals surface area contributed by atoms with E-state index in [1.807, 2.05) is 12.1 Å². The maximum Gasteiger partial charge on any atom is 0.254 e. The number of nitrogens with one attached hydrogen (secondary N) is 1. The topological polar surface area (TPSA) is 34.0 Å². The van der Waals surface area contributed by atoms with Gasteiger partial charge in [-0.2, -0.15) is 0 Å². The number of para-hydroxylation sites is 1. The van der Waals surface area contributed by atoms with Crippen LogP contribution in [0.25, 0.3) is 10.9 Å². The van der Waals surface area contributed by atoms with Crippen molar-refractivity contribution in [3.63, 3.8) is 0 Å². The average Bonchev–Trinajstić information content (AvgIpc) is 2.88. The van der Waals surface area contributed by atoms with E-state index in [-0.39, 0.29) is 11.4 Å². The Hall–Kier alpha value is -1.68. The number of nitrogens with zero attached hydrogens (tertiary/aromatic N) is 1. The number of pyridine rings is 1. The van der Waals surface area contributed by atoms with Crippen LogP contribution >= 0.6 is 0 Å². The van der Waals surface area contributed by atoms with Gasteiger partial charge in [-0.15, -0.1) is 0 Å². The highest BCUT2D eigenvalue weighted by Crippen LogP contribution is 2.19. The molecule has 1 saturated heterocycles. The Morgan fingerprint density at radius 3 is 3.05 bits per heavy atom. The number of hydrogen-bond donors (Lipinski definition) is 1. The zero-order chi connectivity index (χ0) is 13.4. The highest BCUT2D eigenvalue weighted by Gasteiger charge is 2.18. The van der Waals surface area contributed by atoms with Crippen molar-refractivity contribution in [2.24, 2.45) is 13.0 Å². The Morgan fingerprint density at radius 1 is 1.47 bits per heavy atom. The molecule has 1 N–H and O–H groups in total. The van der Waals surface area contributed by atoms with Crippen LogP contribution in [0.3, 0.4) is 0 Å². The van der Waals surface area contributed by atoms with E-state index in [1.54, 1.807) is 13.1 Å². The van der Waals surface area contributed by atoms with Gasteiger partial charge >= 0.3 is 0 Å². The standard InChI is InChI=1S/C15H17FN2O/c1-18-14-11(3-2-4-13(14)16)8-12(15(18)19)7-10-5-6-17-9-10/h2-4,8,10,17H,5-7,9H2,1H3. The lowest BCUT2D eigenvalue weighted by Crippen LogP contribution is -2.24. The Bertz CT molecular complexity index is 672. The molecule has 1 unspecified atom stereocenters. The maximum atomic E-state index is 13.8. The predicted octanol–water partition coefficient (Wildman–Crippen LogP) is 1.83. The summed E-state index contributed by atoms with van der Waals surface area (Å²) in [5.74, 6) is 0.171. The van der Waals surface area contributed by atoms with Gasteiger partial charge in [-0.3, -0.25) is 4.79 Å². The van der Waals surface area contributed by atoms with Crippen LogP contribution in [0.15, 0.2) is 29.1 Å². The van der Waals surface area contributed by atoms with E-state index in [0.717, 1.165) is 36.9 Å². The maximum absolute atomic E-state index is 13.8. The number of fused-ring (bicyclic) bond motifs is 1. The summed E-state index contributed by atoms with van der Waals surface area (Å²) in [7, 11) is 1.64. The van der Waals surface area contributed by atoms with Crippen LogP contribution in [0.2, 0.25) is 0 Å². The second-order valence-corrected chi connectivity index (χ2v) is 5.27. The molecular formula is C15H17FN2O. The summed E-state index contributed by atoms with van der Waals surface area (Å²) in [6.45, 7) is 1.98. The normalized spacial score (nSPS) is 19.2. The molecule has 2 aromatic rings. The van der Waals surface area contributed by atoms with Crippen LogP contribution in [0.5, 0.6) is 0 Å². The van der Waals surface area contributed by atoms with Crippen molar-refractivity contribution in [2.45, 2.75) is 12.8 Å². The van der Waals surface area contributed by atoms with E-state index in [1.165, 1.54) is 10.6 Å². The van der Waals surface area contributed by atoms with Gasteiger partial charge in [0.2, 0.25) is 0 Å². The van der Waals surface area contributed by atoms with Crippen LogP contribution in [0.1, 0.15) is 12.0 Å². The van der Waals surface area contributed by atoms with E-state index in [4.69, 9.17) is 0 Å². The molecule has 4 heteroatoms. The minimum absolute atomic E-state index is 0.0792. The second-order valence-electron chi connectivity index (χ2n) is 5.27. The molecule has 1 aliphatic heterocycles. The van der Waals surface area contributed by atoms with Crippen molar-refractivity contribution in [1.29, 1.82) is 0 Å². The van der Waals surface area contributed by atoms with E-state index < -0.39 is 0 Å². The fraction of sp³-hybridized carbons (Fsp3) is 0.400. The number of halogens is 1. The third kappa shape index (κ3) is 2.16. The first-order chi connectivity index (χ1) is 9.16. The molecule has 19 heavy (non-hydrogen) atoms. The van der Waals surface area contributed by atoms with Gasteiger partial charge in [-0.05, 0) is 44.0 Å². The van der Waals surface area contributed by atoms with Crippen molar-refractivity contribution in [3.8, 4) is 0 Å². The van der Waals surface area contributed by atoms with Crippen molar-refractivity contribution >= 4 is 10.9 Å². The molecule has 1 fully saturated rings. The number of rotatable bonds is 2. The van der Waals surface area contributed by atoms with Gasteiger partial charge in [0, 0.05) is 18.0 Å². The summed E-state index contributed by atoms with van der Waals surface area (Å²) >= 11 is 0. The lowest BCUT2D eigenvalue weighted by molar-refractivity contribution is 0.573. The molecule has 1 aliphatic rings. The Labute approximate surface area is 111 Å². The van der Waals surface area contributed by atoms with Crippen molar-refractivity contribution in [3.05, 3.63) is 46.0 Å². The number of benzene rings is 1. The molecule has 1 aromatic carbocycles. The van der Waals surface area contributed by atoms with E-state index in [0.29, 0.717) is 11.4 Å². The smallest absolute Gasteiger partial charge is 0.254 e. The van der Waals surface area contributed by atoms with Gasteiger partial charge < -0.3 is 9.88 Å². The lowest BCUT2D eigenvalue weighted by atomic mass is 9.98. The summed E-state index contributed by atoms with van der Waals surface area (Å²) < 4.78 is 15.2. The van der Waals surface area contributed by atoms with E-state index in [9.17, 15) is 9.18 Å². The van der Waals surface area contributed by atoms with Crippen molar-refractivity contribution in [1.82, 2.24) is 9.88 Å². The highest BCUT2D eigenvalue weighted by molar-refractivity contribution is 5.80. The summed E-state index contributed by atoms with van der Waals surface area (Å²) in [6.07, 6.45) is 1.87. The molecule has 100 valence electrons. The molecular weight excluding hydrogens is 243 g/mol. The first-order valence-corrected chi connectivity index (χ1v) is 6.64. The molecule has 2 heterocycles. The van der Waals surface area contributed by atoms with Crippen LogP contribution in [-0.2, 0) is 13.5 Å². The van der Waals surface area contributed by atoms with Gasteiger partial charge in [0.05, 0.1) is 5.52 Å². The third-order valence-corrected chi connectivity index (χ3v) is 3.93. The summed E-state index contributed by atoms with van der Waals surface area (Å²) in [5, 5.41) is 4.10. The predicted molar refractivity (Wildman–Crippen MR) is 73.8 cm³/mol. The molecule has 0 spiro atoms. The molecule has 1 atom stereocenters. The van der Waals surface area contributed by atoms with Crippen molar-refractivity contribution in [2.75, 3.05) is 13.1 Å². The van der Waals surface area contributed by atoms with Crippen molar-refractivity contribution < 1.29 is 4.39 Å². The number of aryl methyl sites for hydroxylation is 1. The minimum Gasteiger partial charge on any atom is -0.316 e. The first-order valence-electron chi connectivity index (χ1n) is 6.64. The molecule has 0 amide bonds. The van der Waals surface area contributed by atoms with Crippen LogP contribution < -0.4 is 10.9 Å². The molecule has 3 rings (SSSR count). The minimum atomic E-state index is -0.341. The fourth-order valence-corrected chi connectivity index (χ4v) is 2.91. The highest BCUT2D eigenvalue weighted by atomic mass is 19.1. The number of hydrogen-bond acceptors (Lipinski definition) is 2. The Balaban J connectivity index is 2.10. The van der Waals surface area contributed by atoms with Gasteiger partial charge in [0.1, 0.15) is 5.82 Å². The largest absolute Gasteiger partial charge is 0.316 e. The van der Waals surface area contributed by atoms with E-state index in [2.05, 4.69) is 5.32 Å². The molecule has 0 bridgehead atoms. The quantitative estimate of drug-likeness (QED) is 0.894. The van der Waals surface area contributed by atoms with Crippen LogP contribution in [0.4, 0.5) is 4.39 Å². The Kier molecular flexibility index (Phi) is 3.11. The second kappa shape index (κ2) is 4.78. The SMILES string of the molecule is Cn1c(=O)c(CC2CCNC2)cc2cccc(F)c21. The van der Waals surface area contributed by atoms with Gasteiger partial charge in [-0.25, -0.2) is 4.39 Å². The Morgan fingerprint density at radius 2 is 2.32 bits per heavy atom. The zero-order valence-corrected chi connectivity index (χ0v) is 10.9. The zero-order valence-electron chi connectivity index (χ0n) is 10.9. The third-order valence-electron chi connectivity index (χ3n) is 3.93. The van der Waals surface area contributed by atoms with E-state index >= 15 is 0 Å². The average molecular weight is 260 g/mol. The summed E-state index contributed by atoms with van der Waals surface area (Å²) in [6, 6.07) is 6.78. The molecule has 3 nitrogen and oxygen atoms in total. The molecule has 0 radical (unpaired) electrons. The number of aromatic nitrogens is 1. The van der Waals surface area contributed by atoms with Crippen LogP contribution in [-0.4, -0.2) is 17.7 Å². The molecule has 1 aromatic heterocycles.